The molecule has 1 aliphatic heterocycles. The summed E-state index contributed by atoms with van der Waals surface area (Å²) >= 11 is 0. The first-order valence-corrected chi connectivity index (χ1v) is 11.1. The minimum absolute atomic E-state index is 0. The van der Waals surface area contributed by atoms with E-state index >= 15 is 0 Å². The molecular formula is C30H19IrN5-2. The molecule has 36 heavy (non-hydrogen) atoms. The average Bonchev–Trinajstić information content (AvgIpc) is 3.43. The Morgan fingerprint density at radius 3 is 2.39 bits per heavy atom. The van der Waals surface area contributed by atoms with Gasteiger partial charge in [0.1, 0.15) is 0 Å². The Balaban J connectivity index is 0.000000185. The van der Waals surface area contributed by atoms with Crippen molar-refractivity contribution in [2.75, 3.05) is 0 Å². The second kappa shape index (κ2) is 11.4. The first kappa shape index (κ1) is 24.8. The zero-order chi connectivity index (χ0) is 24.0. The fraction of sp³-hybridized carbons (Fsp3) is 0.0667. The van der Waals surface area contributed by atoms with Crippen LogP contribution in [0.4, 0.5) is 11.4 Å². The van der Waals surface area contributed by atoms with Crippen LogP contribution in [-0.4, -0.2) is 14.5 Å². The van der Waals surface area contributed by atoms with Crippen LogP contribution >= 0.6 is 0 Å². The maximum Gasteiger partial charge on any atom is 0.176 e. The van der Waals surface area contributed by atoms with Gasteiger partial charge in [0.2, 0.25) is 0 Å². The number of nitrogens with zero attached hydrogens (tertiary/aromatic N) is 5. The number of benzene rings is 3. The van der Waals surface area contributed by atoms with Gasteiger partial charge in [-0.25, -0.2) is 0 Å². The van der Waals surface area contributed by atoms with Gasteiger partial charge in [-0.3, -0.25) is 14.7 Å². The largest absolute Gasteiger partial charge is 0.371 e. The number of aromatic nitrogens is 3. The molecule has 1 aliphatic rings. The molecule has 5 aromatic rings. The smallest absolute Gasteiger partial charge is 0.176 e. The zero-order valence-electron chi connectivity index (χ0n) is 19.1. The monoisotopic (exact) mass is 642 g/mol. The summed E-state index contributed by atoms with van der Waals surface area (Å²) in [5, 5.41) is 0. The van der Waals surface area contributed by atoms with Gasteiger partial charge in [0, 0.05) is 45.2 Å². The molecule has 0 spiro atoms. The third-order valence-corrected chi connectivity index (χ3v) is 5.81. The molecule has 0 bridgehead atoms. The average molecular weight is 642 g/mol. The minimum atomic E-state index is 0. The molecular weight excluding hydrogens is 623 g/mol. The summed E-state index contributed by atoms with van der Waals surface area (Å²) in [5.41, 5.74) is 6.48. The van der Waals surface area contributed by atoms with Crippen molar-refractivity contribution in [1.29, 1.82) is 0 Å². The Morgan fingerprint density at radius 2 is 1.64 bits per heavy atom. The molecule has 0 amide bonds. The number of pyridine rings is 1. The molecule has 0 aliphatic carbocycles. The quantitative estimate of drug-likeness (QED) is 0.191. The molecule has 2 aromatic heterocycles. The van der Waals surface area contributed by atoms with E-state index in [1.807, 2.05) is 67.0 Å². The van der Waals surface area contributed by atoms with E-state index < -0.39 is 0 Å². The van der Waals surface area contributed by atoms with Crippen molar-refractivity contribution in [3.63, 3.8) is 0 Å². The Bertz CT molecular complexity index is 1560. The summed E-state index contributed by atoms with van der Waals surface area (Å²) in [4.78, 5) is 15.6. The number of fused-ring (bicyclic) bond motifs is 3. The first-order valence-electron chi connectivity index (χ1n) is 11.1. The van der Waals surface area contributed by atoms with E-state index in [1.54, 1.807) is 18.3 Å². The molecule has 175 valence electrons. The molecule has 6 heteroatoms. The van der Waals surface area contributed by atoms with Gasteiger partial charge in [-0.2, -0.15) is 6.07 Å². The van der Waals surface area contributed by atoms with Gasteiger partial charge in [0.05, 0.1) is 19.0 Å². The molecule has 3 aromatic carbocycles. The van der Waals surface area contributed by atoms with Crippen molar-refractivity contribution in [3.8, 4) is 33.8 Å². The normalized spacial score (nSPS) is 10.8. The Hall–Kier alpha value is -4.35. The van der Waals surface area contributed by atoms with Crippen LogP contribution in [0.1, 0.15) is 5.56 Å². The van der Waals surface area contributed by atoms with Crippen molar-refractivity contribution in [1.82, 2.24) is 14.5 Å². The molecule has 0 saturated carbocycles. The third-order valence-electron chi connectivity index (χ3n) is 5.81. The van der Waals surface area contributed by atoms with E-state index in [0.717, 1.165) is 29.9 Å². The fourth-order valence-electron chi connectivity index (χ4n) is 4.07. The van der Waals surface area contributed by atoms with Crippen LogP contribution in [0, 0.1) is 25.3 Å². The molecule has 0 fully saturated rings. The number of imidazole rings is 1. The summed E-state index contributed by atoms with van der Waals surface area (Å²) in [6, 6.07) is 29.5. The van der Waals surface area contributed by atoms with Crippen molar-refractivity contribution in [2.24, 2.45) is 0 Å². The van der Waals surface area contributed by atoms with Crippen LogP contribution in [0.5, 0.6) is 0 Å². The van der Waals surface area contributed by atoms with Crippen molar-refractivity contribution >= 4 is 11.4 Å². The SMILES string of the molecule is [C-]#[N+]c1cc[c-]c(-c2ccc(-c3ccccc3)cn2)c1[N+]#[C-].[Ir].[c-]1cccc2c1-c1nccn1CC2. The topological polar surface area (TPSA) is 39.4 Å². The summed E-state index contributed by atoms with van der Waals surface area (Å²) in [6.45, 7) is 15.5. The Kier molecular flexibility index (Phi) is 7.83. The second-order valence-corrected chi connectivity index (χ2v) is 7.87. The van der Waals surface area contributed by atoms with Crippen LogP contribution in [0.25, 0.3) is 43.5 Å². The molecule has 1 radical (unpaired) electrons. The molecule has 6 rings (SSSR count). The summed E-state index contributed by atoms with van der Waals surface area (Å²) in [5.74, 6) is 1.06. The number of hydrogen-bond acceptors (Lipinski definition) is 2. The maximum absolute atomic E-state index is 7.29. The third kappa shape index (κ3) is 5.02. The van der Waals surface area contributed by atoms with Crippen molar-refractivity contribution in [3.05, 3.63) is 132 Å². The van der Waals surface area contributed by atoms with E-state index in [9.17, 15) is 0 Å². The van der Waals surface area contributed by atoms with Crippen LogP contribution in [0.2, 0.25) is 0 Å². The van der Waals surface area contributed by atoms with Gasteiger partial charge < -0.3 is 9.55 Å². The van der Waals surface area contributed by atoms with E-state index in [-0.39, 0.29) is 20.1 Å². The number of hydrogen-bond donors (Lipinski definition) is 0. The van der Waals surface area contributed by atoms with E-state index in [4.69, 9.17) is 13.1 Å². The van der Waals surface area contributed by atoms with Gasteiger partial charge in [-0.1, -0.05) is 48.0 Å². The standard InChI is InChI=1S/C19H10N3.C11H9N2.Ir/c1-20-18-10-6-9-16(19(18)21-2)17-12-11-15(13-22-17)14-7-4-3-5-8-14;1-2-4-10-9(3-1)5-7-13-8-6-12-11(10)13;/h3-8,10-13H;1-3,6,8H,5,7H2;/q2*-1;. The van der Waals surface area contributed by atoms with Gasteiger partial charge >= 0.3 is 0 Å². The number of aryl methyl sites for hydroxylation is 2. The van der Waals surface area contributed by atoms with Gasteiger partial charge in [0.25, 0.3) is 0 Å². The summed E-state index contributed by atoms with van der Waals surface area (Å²) in [7, 11) is 0. The molecule has 5 nitrogen and oxygen atoms in total. The van der Waals surface area contributed by atoms with Gasteiger partial charge in [-0.05, 0) is 23.2 Å². The molecule has 0 saturated heterocycles. The molecule has 0 N–H and O–H groups in total. The summed E-state index contributed by atoms with van der Waals surface area (Å²) in [6.07, 6.45) is 6.75. The molecule has 0 atom stereocenters. The Labute approximate surface area is 224 Å². The van der Waals surface area contributed by atoms with E-state index in [0.29, 0.717) is 22.6 Å². The zero-order valence-corrected chi connectivity index (χ0v) is 21.5. The second-order valence-electron chi connectivity index (χ2n) is 7.87. The molecule has 0 unspecified atom stereocenters. The van der Waals surface area contributed by atoms with Crippen LogP contribution in [0.3, 0.4) is 0 Å². The maximum atomic E-state index is 7.29. The number of rotatable bonds is 2. The summed E-state index contributed by atoms with van der Waals surface area (Å²) < 4.78 is 2.18. The van der Waals surface area contributed by atoms with Gasteiger partial charge in [-0.15, -0.1) is 47.5 Å². The van der Waals surface area contributed by atoms with E-state index in [1.165, 1.54) is 11.1 Å². The Morgan fingerprint density at radius 1 is 0.806 bits per heavy atom. The molecule has 3 heterocycles. The van der Waals surface area contributed by atoms with Crippen molar-refractivity contribution in [2.45, 2.75) is 13.0 Å². The predicted octanol–water partition coefficient (Wildman–Crippen LogP) is 7.22. The first-order chi connectivity index (χ1) is 17.3. The van der Waals surface area contributed by atoms with Crippen LogP contribution < -0.4 is 0 Å². The van der Waals surface area contributed by atoms with Crippen LogP contribution in [0.15, 0.2) is 91.4 Å². The van der Waals surface area contributed by atoms with Crippen LogP contribution in [-0.2, 0) is 33.1 Å². The minimum Gasteiger partial charge on any atom is -0.371 e. The predicted molar refractivity (Wildman–Crippen MR) is 137 cm³/mol. The van der Waals surface area contributed by atoms with Gasteiger partial charge in [0.15, 0.2) is 11.4 Å². The van der Waals surface area contributed by atoms with Crippen molar-refractivity contribution < 1.29 is 20.1 Å². The van der Waals surface area contributed by atoms with E-state index in [2.05, 4.69) is 42.4 Å². The fourth-order valence-corrected chi connectivity index (χ4v) is 4.07.